The number of nitrogens with zero attached hydrogens (tertiary/aromatic N) is 1. The van der Waals surface area contributed by atoms with Gasteiger partial charge in [0, 0.05) is 18.3 Å². The van der Waals surface area contributed by atoms with Gasteiger partial charge in [0.15, 0.2) is 0 Å². The molecule has 0 aliphatic heterocycles. The van der Waals surface area contributed by atoms with Gasteiger partial charge in [-0.2, -0.15) is 0 Å². The summed E-state index contributed by atoms with van der Waals surface area (Å²) in [6, 6.07) is 6.93. The fourth-order valence-corrected chi connectivity index (χ4v) is 1.89. The van der Waals surface area contributed by atoms with E-state index in [1.54, 1.807) is 11.8 Å². The van der Waals surface area contributed by atoms with E-state index in [-0.39, 0.29) is 12.5 Å². The van der Waals surface area contributed by atoms with Crippen molar-refractivity contribution in [1.29, 1.82) is 0 Å². The third kappa shape index (κ3) is 4.28. The van der Waals surface area contributed by atoms with Gasteiger partial charge in [-0.25, -0.2) is 4.79 Å². The Kier molecular flexibility index (Phi) is 5.36. The summed E-state index contributed by atoms with van der Waals surface area (Å²) in [6.07, 6.45) is -0.0862. The number of urea groups is 1. The highest BCUT2D eigenvalue weighted by molar-refractivity contribution is 5.93. The zero-order chi connectivity index (χ0) is 14.4. The Morgan fingerprint density at radius 2 is 2.00 bits per heavy atom. The molecule has 0 bridgehead atoms. The number of carbonyl (C=O) groups is 2. The standard InChI is InChI=1S/C14H20N2O3/c1-4-16(12-8-6-5-7-10(12)2)14(19)15-11(3)9-13(17)18/h5-8,11H,4,9H2,1-3H3,(H,15,19)(H,17,18). The van der Waals surface area contributed by atoms with Crippen molar-refractivity contribution in [2.75, 3.05) is 11.4 Å². The molecule has 0 heterocycles. The lowest BCUT2D eigenvalue weighted by Gasteiger charge is -2.25. The molecule has 0 aromatic heterocycles. The van der Waals surface area contributed by atoms with Crippen molar-refractivity contribution < 1.29 is 14.7 Å². The van der Waals surface area contributed by atoms with Crippen LogP contribution in [0.3, 0.4) is 0 Å². The van der Waals surface area contributed by atoms with Crippen LogP contribution in [0.25, 0.3) is 0 Å². The molecule has 0 saturated carbocycles. The lowest BCUT2D eigenvalue weighted by molar-refractivity contribution is -0.137. The van der Waals surface area contributed by atoms with Crippen LogP contribution in [0.2, 0.25) is 0 Å². The molecule has 0 radical (unpaired) electrons. The zero-order valence-electron chi connectivity index (χ0n) is 11.5. The van der Waals surface area contributed by atoms with E-state index in [9.17, 15) is 9.59 Å². The van der Waals surface area contributed by atoms with Crippen LogP contribution in [-0.4, -0.2) is 29.7 Å². The van der Waals surface area contributed by atoms with Gasteiger partial charge in [-0.1, -0.05) is 18.2 Å². The van der Waals surface area contributed by atoms with Crippen LogP contribution in [0.1, 0.15) is 25.8 Å². The summed E-state index contributed by atoms with van der Waals surface area (Å²) in [5.74, 6) is -0.924. The molecular formula is C14H20N2O3. The Labute approximate surface area is 113 Å². The molecule has 104 valence electrons. The summed E-state index contributed by atoms with van der Waals surface area (Å²) < 4.78 is 0. The molecule has 1 atom stereocenters. The quantitative estimate of drug-likeness (QED) is 0.858. The van der Waals surface area contributed by atoms with Gasteiger partial charge < -0.3 is 10.4 Å². The predicted molar refractivity (Wildman–Crippen MR) is 74.4 cm³/mol. The molecule has 0 saturated heterocycles. The summed E-state index contributed by atoms with van der Waals surface area (Å²) in [5, 5.41) is 11.4. The normalized spacial score (nSPS) is 11.7. The van der Waals surface area contributed by atoms with E-state index < -0.39 is 12.0 Å². The zero-order valence-corrected chi connectivity index (χ0v) is 11.5. The summed E-state index contributed by atoms with van der Waals surface area (Å²) in [4.78, 5) is 24.3. The van der Waals surface area contributed by atoms with Gasteiger partial charge in [0.05, 0.1) is 6.42 Å². The summed E-state index contributed by atoms with van der Waals surface area (Å²) >= 11 is 0. The average molecular weight is 264 g/mol. The highest BCUT2D eigenvalue weighted by atomic mass is 16.4. The summed E-state index contributed by atoms with van der Waals surface area (Å²) in [7, 11) is 0. The largest absolute Gasteiger partial charge is 0.481 e. The topological polar surface area (TPSA) is 69.6 Å². The van der Waals surface area contributed by atoms with E-state index in [2.05, 4.69) is 5.32 Å². The van der Waals surface area contributed by atoms with Crippen molar-refractivity contribution in [1.82, 2.24) is 5.32 Å². The van der Waals surface area contributed by atoms with Crippen LogP contribution in [-0.2, 0) is 4.79 Å². The predicted octanol–water partition coefficient (Wildman–Crippen LogP) is 2.39. The number of benzene rings is 1. The fourth-order valence-electron chi connectivity index (χ4n) is 1.89. The fraction of sp³-hybridized carbons (Fsp3) is 0.429. The molecular weight excluding hydrogens is 244 g/mol. The first-order valence-electron chi connectivity index (χ1n) is 6.31. The first-order chi connectivity index (χ1) is 8.95. The second-order valence-electron chi connectivity index (χ2n) is 4.48. The maximum Gasteiger partial charge on any atom is 0.322 e. The molecule has 5 heteroatoms. The van der Waals surface area contributed by atoms with Gasteiger partial charge in [-0.15, -0.1) is 0 Å². The monoisotopic (exact) mass is 264 g/mol. The second-order valence-corrected chi connectivity index (χ2v) is 4.48. The van der Waals surface area contributed by atoms with Crippen molar-refractivity contribution in [2.45, 2.75) is 33.2 Å². The number of rotatable bonds is 5. The maximum absolute atomic E-state index is 12.1. The molecule has 1 aromatic carbocycles. The van der Waals surface area contributed by atoms with Gasteiger partial charge in [-0.3, -0.25) is 9.69 Å². The van der Waals surface area contributed by atoms with Crippen molar-refractivity contribution in [3.05, 3.63) is 29.8 Å². The third-order valence-corrected chi connectivity index (χ3v) is 2.82. The van der Waals surface area contributed by atoms with Crippen LogP contribution in [0.5, 0.6) is 0 Å². The molecule has 5 nitrogen and oxygen atoms in total. The minimum Gasteiger partial charge on any atom is -0.481 e. The first-order valence-corrected chi connectivity index (χ1v) is 6.31. The minimum atomic E-state index is -0.924. The molecule has 2 amide bonds. The number of anilines is 1. The Balaban J connectivity index is 2.78. The molecule has 0 spiro atoms. The Morgan fingerprint density at radius 3 is 2.53 bits per heavy atom. The Morgan fingerprint density at radius 1 is 1.37 bits per heavy atom. The van der Waals surface area contributed by atoms with E-state index >= 15 is 0 Å². The Bertz CT molecular complexity index is 460. The lowest BCUT2D eigenvalue weighted by Crippen LogP contribution is -2.44. The van der Waals surface area contributed by atoms with Crippen LogP contribution >= 0.6 is 0 Å². The molecule has 2 N–H and O–H groups in total. The molecule has 1 unspecified atom stereocenters. The highest BCUT2D eigenvalue weighted by Gasteiger charge is 2.18. The number of carbonyl (C=O) groups excluding carboxylic acids is 1. The SMILES string of the molecule is CCN(C(=O)NC(C)CC(=O)O)c1ccccc1C. The van der Waals surface area contributed by atoms with E-state index in [1.807, 2.05) is 38.1 Å². The minimum absolute atomic E-state index is 0.0862. The number of aliphatic carboxylic acids is 1. The molecule has 1 aromatic rings. The van der Waals surface area contributed by atoms with Crippen molar-refractivity contribution in [3.63, 3.8) is 0 Å². The van der Waals surface area contributed by atoms with Crippen molar-refractivity contribution in [3.8, 4) is 0 Å². The number of amides is 2. The molecule has 1 rings (SSSR count). The molecule has 19 heavy (non-hydrogen) atoms. The van der Waals surface area contributed by atoms with Gasteiger partial charge in [0.2, 0.25) is 0 Å². The van der Waals surface area contributed by atoms with E-state index in [1.165, 1.54) is 0 Å². The number of hydrogen-bond donors (Lipinski definition) is 2. The third-order valence-electron chi connectivity index (χ3n) is 2.82. The van der Waals surface area contributed by atoms with Gasteiger partial charge >= 0.3 is 12.0 Å². The van der Waals surface area contributed by atoms with Gasteiger partial charge in [0.1, 0.15) is 0 Å². The van der Waals surface area contributed by atoms with E-state index in [4.69, 9.17) is 5.11 Å². The molecule has 0 aliphatic carbocycles. The van der Waals surface area contributed by atoms with Crippen LogP contribution in [0.15, 0.2) is 24.3 Å². The van der Waals surface area contributed by atoms with E-state index in [0.717, 1.165) is 11.3 Å². The summed E-state index contributed by atoms with van der Waals surface area (Å²) in [5.41, 5.74) is 1.84. The van der Waals surface area contributed by atoms with Crippen molar-refractivity contribution >= 4 is 17.7 Å². The van der Waals surface area contributed by atoms with E-state index in [0.29, 0.717) is 6.54 Å². The number of carboxylic acid groups (broad SMARTS) is 1. The average Bonchev–Trinajstić information content (AvgIpc) is 2.31. The molecule has 0 aliphatic rings. The first kappa shape index (κ1) is 15.0. The smallest absolute Gasteiger partial charge is 0.322 e. The number of hydrogen-bond acceptors (Lipinski definition) is 2. The van der Waals surface area contributed by atoms with Gasteiger partial charge in [-0.05, 0) is 32.4 Å². The lowest BCUT2D eigenvalue weighted by atomic mass is 10.2. The number of aryl methyl sites for hydroxylation is 1. The molecule has 0 fully saturated rings. The Hall–Kier alpha value is -2.04. The number of nitrogens with one attached hydrogen (secondary N) is 1. The maximum atomic E-state index is 12.1. The van der Waals surface area contributed by atoms with Crippen LogP contribution in [0.4, 0.5) is 10.5 Å². The number of para-hydroxylation sites is 1. The van der Waals surface area contributed by atoms with Crippen molar-refractivity contribution in [2.24, 2.45) is 0 Å². The number of carboxylic acids is 1. The second kappa shape index (κ2) is 6.78. The summed E-state index contributed by atoms with van der Waals surface area (Å²) in [6.45, 7) is 6.02. The van der Waals surface area contributed by atoms with Gasteiger partial charge in [0.25, 0.3) is 0 Å². The van der Waals surface area contributed by atoms with Crippen LogP contribution < -0.4 is 10.2 Å². The van der Waals surface area contributed by atoms with Crippen LogP contribution in [0, 0.1) is 6.92 Å². The highest BCUT2D eigenvalue weighted by Crippen LogP contribution is 2.19.